The summed E-state index contributed by atoms with van der Waals surface area (Å²) in [5, 5.41) is 8.60. The normalized spacial score (nSPS) is 16.4. The Kier molecular flexibility index (Phi) is 4.69. The van der Waals surface area contributed by atoms with Gasteiger partial charge in [0.05, 0.1) is 0 Å². The van der Waals surface area contributed by atoms with Gasteiger partial charge >= 0.3 is 6.03 Å². The van der Waals surface area contributed by atoms with E-state index in [9.17, 15) is 4.79 Å². The first kappa shape index (κ1) is 15.4. The van der Waals surface area contributed by atoms with Gasteiger partial charge in [0, 0.05) is 27.5 Å². The topological polar surface area (TPSA) is 41.1 Å². The predicted molar refractivity (Wildman–Crippen MR) is 92.9 cm³/mol. The molecule has 0 bridgehead atoms. The summed E-state index contributed by atoms with van der Waals surface area (Å²) >= 11 is 7.72. The van der Waals surface area contributed by atoms with E-state index >= 15 is 0 Å². The van der Waals surface area contributed by atoms with Crippen molar-refractivity contribution >= 4 is 34.7 Å². The van der Waals surface area contributed by atoms with E-state index in [1.165, 1.54) is 17.7 Å². The number of nitrogens with one attached hydrogen (secondary N) is 2. The number of hydrogen-bond acceptors (Lipinski definition) is 2. The molecule has 0 spiro atoms. The second-order valence-electron chi connectivity index (χ2n) is 5.78. The molecule has 0 saturated heterocycles. The molecule has 116 valence electrons. The number of halogens is 1. The fourth-order valence-corrected chi connectivity index (χ4v) is 4.31. The summed E-state index contributed by atoms with van der Waals surface area (Å²) in [7, 11) is 0. The van der Waals surface area contributed by atoms with Gasteiger partial charge in [-0.15, -0.1) is 11.3 Å². The van der Waals surface area contributed by atoms with Crippen molar-refractivity contribution in [1.82, 2.24) is 5.32 Å². The van der Waals surface area contributed by atoms with Crippen LogP contribution in [0.5, 0.6) is 0 Å². The van der Waals surface area contributed by atoms with Gasteiger partial charge in [-0.25, -0.2) is 4.79 Å². The Morgan fingerprint density at radius 1 is 1.23 bits per heavy atom. The maximum atomic E-state index is 12.1. The van der Waals surface area contributed by atoms with Crippen LogP contribution in [-0.4, -0.2) is 12.6 Å². The summed E-state index contributed by atoms with van der Waals surface area (Å²) in [6.07, 6.45) is 4.75. The number of amides is 2. The van der Waals surface area contributed by atoms with Crippen LogP contribution in [0.1, 0.15) is 30.6 Å². The number of urea groups is 1. The van der Waals surface area contributed by atoms with Crippen LogP contribution in [0.25, 0.3) is 0 Å². The Bertz CT molecular complexity index is 636. The van der Waals surface area contributed by atoms with Gasteiger partial charge < -0.3 is 10.6 Å². The molecule has 5 heteroatoms. The number of benzene rings is 1. The molecule has 1 aliphatic carbocycles. The molecule has 1 saturated carbocycles. The van der Waals surface area contributed by atoms with E-state index in [0.29, 0.717) is 17.3 Å². The van der Waals surface area contributed by atoms with Crippen molar-refractivity contribution in [2.24, 2.45) is 0 Å². The summed E-state index contributed by atoms with van der Waals surface area (Å²) in [6, 6.07) is 11.3. The maximum Gasteiger partial charge on any atom is 0.319 e. The fraction of sp³-hybridized carbons (Fsp3) is 0.353. The lowest BCUT2D eigenvalue weighted by Crippen LogP contribution is -2.40. The maximum absolute atomic E-state index is 12.1. The zero-order valence-corrected chi connectivity index (χ0v) is 13.8. The van der Waals surface area contributed by atoms with Crippen LogP contribution in [0.2, 0.25) is 5.02 Å². The SMILES string of the molecule is O=C(NCC1(c2cccs2)CCCC1)Nc1cccc(Cl)c1. The monoisotopic (exact) mass is 334 g/mol. The van der Waals surface area contributed by atoms with Crippen LogP contribution in [0.15, 0.2) is 41.8 Å². The fourth-order valence-electron chi connectivity index (χ4n) is 3.13. The molecular weight excluding hydrogens is 316 g/mol. The molecule has 1 aromatic heterocycles. The third-order valence-electron chi connectivity index (χ3n) is 4.27. The summed E-state index contributed by atoms with van der Waals surface area (Å²) in [5.41, 5.74) is 0.821. The van der Waals surface area contributed by atoms with Crippen molar-refractivity contribution in [3.8, 4) is 0 Å². The highest BCUT2D eigenvalue weighted by Gasteiger charge is 2.36. The van der Waals surface area contributed by atoms with E-state index in [1.54, 1.807) is 23.5 Å². The van der Waals surface area contributed by atoms with E-state index in [-0.39, 0.29) is 11.4 Å². The molecule has 2 aromatic rings. The molecule has 1 fully saturated rings. The summed E-state index contributed by atoms with van der Waals surface area (Å²) in [5.74, 6) is 0. The number of anilines is 1. The Hall–Kier alpha value is -1.52. The van der Waals surface area contributed by atoms with Gasteiger partial charge in [-0.3, -0.25) is 0 Å². The van der Waals surface area contributed by atoms with Crippen LogP contribution in [0.4, 0.5) is 10.5 Å². The quantitative estimate of drug-likeness (QED) is 0.808. The van der Waals surface area contributed by atoms with Crippen LogP contribution in [0, 0.1) is 0 Å². The van der Waals surface area contributed by atoms with E-state index in [1.807, 2.05) is 12.1 Å². The molecule has 1 aromatic carbocycles. The summed E-state index contributed by atoms with van der Waals surface area (Å²) in [4.78, 5) is 13.5. The molecule has 22 heavy (non-hydrogen) atoms. The molecule has 1 heterocycles. The van der Waals surface area contributed by atoms with Gasteiger partial charge in [-0.2, -0.15) is 0 Å². The summed E-state index contributed by atoms with van der Waals surface area (Å²) in [6.45, 7) is 0.680. The number of carbonyl (C=O) groups excluding carboxylic acids is 1. The second kappa shape index (κ2) is 6.71. The van der Waals surface area contributed by atoms with Crippen molar-refractivity contribution < 1.29 is 4.79 Å². The number of rotatable bonds is 4. The van der Waals surface area contributed by atoms with Crippen molar-refractivity contribution in [3.63, 3.8) is 0 Å². The van der Waals surface area contributed by atoms with Crippen LogP contribution in [-0.2, 0) is 5.41 Å². The Morgan fingerprint density at radius 2 is 2.05 bits per heavy atom. The highest BCUT2D eigenvalue weighted by Crippen LogP contribution is 2.42. The molecule has 0 aliphatic heterocycles. The zero-order valence-electron chi connectivity index (χ0n) is 12.3. The Morgan fingerprint density at radius 3 is 2.73 bits per heavy atom. The van der Waals surface area contributed by atoms with E-state index in [2.05, 4.69) is 28.1 Å². The molecular formula is C17H19ClN2OS. The molecule has 1 aliphatic rings. The molecule has 2 N–H and O–H groups in total. The van der Waals surface area contributed by atoms with Gasteiger partial charge in [-0.1, -0.05) is 36.6 Å². The van der Waals surface area contributed by atoms with Crippen molar-refractivity contribution in [2.75, 3.05) is 11.9 Å². The first-order valence-electron chi connectivity index (χ1n) is 7.52. The minimum atomic E-state index is -0.176. The van der Waals surface area contributed by atoms with Crippen molar-refractivity contribution in [2.45, 2.75) is 31.1 Å². The third-order valence-corrected chi connectivity index (χ3v) is 5.63. The molecule has 3 rings (SSSR count). The number of hydrogen-bond donors (Lipinski definition) is 2. The highest BCUT2D eigenvalue weighted by atomic mass is 35.5. The average molecular weight is 335 g/mol. The van der Waals surface area contributed by atoms with Gasteiger partial charge in [-0.05, 0) is 42.5 Å². The lowest BCUT2D eigenvalue weighted by molar-refractivity contribution is 0.248. The molecule has 0 radical (unpaired) electrons. The van der Waals surface area contributed by atoms with Crippen molar-refractivity contribution in [3.05, 3.63) is 51.7 Å². The van der Waals surface area contributed by atoms with E-state index < -0.39 is 0 Å². The third kappa shape index (κ3) is 3.45. The number of thiophene rings is 1. The first-order valence-corrected chi connectivity index (χ1v) is 8.78. The smallest absolute Gasteiger partial charge is 0.319 e. The average Bonchev–Trinajstić information content (AvgIpc) is 3.17. The molecule has 3 nitrogen and oxygen atoms in total. The molecule has 2 amide bonds. The zero-order chi connectivity index (χ0) is 15.4. The standard InChI is InChI=1S/C17H19ClN2OS/c18-13-5-3-6-14(11-13)20-16(21)19-12-17(8-1-2-9-17)15-7-4-10-22-15/h3-7,10-11H,1-2,8-9,12H2,(H2,19,20,21). The van der Waals surface area contributed by atoms with Gasteiger partial charge in [0.15, 0.2) is 0 Å². The highest BCUT2D eigenvalue weighted by molar-refractivity contribution is 7.10. The van der Waals surface area contributed by atoms with Gasteiger partial charge in [0.25, 0.3) is 0 Å². The van der Waals surface area contributed by atoms with Crippen LogP contribution in [0.3, 0.4) is 0 Å². The predicted octanol–water partition coefficient (Wildman–Crippen LogP) is 5.04. The Balaban J connectivity index is 1.62. The number of carbonyl (C=O) groups is 1. The lowest BCUT2D eigenvalue weighted by Gasteiger charge is -2.28. The van der Waals surface area contributed by atoms with Crippen LogP contribution < -0.4 is 10.6 Å². The summed E-state index contributed by atoms with van der Waals surface area (Å²) < 4.78 is 0. The minimum absolute atomic E-state index is 0.111. The van der Waals surface area contributed by atoms with Crippen LogP contribution >= 0.6 is 22.9 Å². The van der Waals surface area contributed by atoms with Gasteiger partial charge in [0.2, 0.25) is 0 Å². The minimum Gasteiger partial charge on any atom is -0.337 e. The molecule has 0 unspecified atom stereocenters. The van der Waals surface area contributed by atoms with Crippen molar-refractivity contribution in [1.29, 1.82) is 0 Å². The van der Waals surface area contributed by atoms with E-state index in [0.717, 1.165) is 12.8 Å². The Labute approximate surface area is 139 Å². The largest absolute Gasteiger partial charge is 0.337 e. The van der Waals surface area contributed by atoms with E-state index in [4.69, 9.17) is 11.6 Å². The molecule has 0 atom stereocenters. The lowest BCUT2D eigenvalue weighted by atomic mass is 9.84. The second-order valence-corrected chi connectivity index (χ2v) is 7.17. The van der Waals surface area contributed by atoms with Gasteiger partial charge in [0.1, 0.15) is 0 Å². The first-order chi connectivity index (χ1) is 10.7.